The van der Waals surface area contributed by atoms with E-state index in [1.54, 1.807) is 23.0 Å². The lowest BCUT2D eigenvalue weighted by Gasteiger charge is -2.07. The van der Waals surface area contributed by atoms with Crippen LogP contribution in [0.2, 0.25) is 0 Å². The Hall–Kier alpha value is -0.940. The van der Waals surface area contributed by atoms with Crippen molar-refractivity contribution in [3.8, 4) is 0 Å². The van der Waals surface area contributed by atoms with E-state index in [2.05, 4.69) is 43.9 Å². The Morgan fingerprint density at radius 3 is 2.78 bits per heavy atom. The molecule has 0 radical (unpaired) electrons. The van der Waals surface area contributed by atoms with E-state index in [0.29, 0.717) is 11.3 Å². The molecule has 2 rings (SSSR count). The first-order valence-electron chi connectivity index (χ1n) is 5.65. The Kier molecular flexibility index (Phi) is 4.35. The average Bonchev–Trinajstić information content (AvgIpc) is 2.77. The zero-order valence-electron chi connectivity index (χ0n) is 9.86. The van der Waals surface area contributed by atoms with Gasteiger partial charge in [0.15, 0.2) is 0 Å². The lowest BCUT2D eigenvalue weighted by Crippen LogP contribution is -2.11. The number of aryl methyl sites for hydroxylation is 1. The van der Waals surface area contributed by atoms with Gasteiger partial charge in [0.25, 0.3) is 0 Å². The quantitative estimate of drug-likeness (QED) is 0.760. The fraction of sp³-hybridized carbons (Fsp3) is 0.231. The lowest BCUT2D eigenvalue weighted by molar-refractivity contribution is 0.102. The largest absolute Gasteiger partial charge is 0.287 e. The second kappa shape index (κ2) is 5.80. The number of ketones is 1. The van der Waals surface area contributed by atoms with Gasteiger partial charge in [-0.1, -0.05) is 22.9 Å². The van der Waals surface area contributed by atoms with Gasteiger partial charge in [-0.25, -0.2) is 0 Å². The summed E-state index contributed by atoms with van der Waals surface area (Å²) in [6, 6.07) is 7.29. The van der Waals surface area contributed by atoms with Gasteiger partial charge in [0.1, 0.15) is 5.69 Å². The molecule has 0 aliphatic rings. The summed E-state index contributed by atoms with van der Waals surface area (Å²) in [6.07, 6.45) is 2.61. The summed E-state index contributed by atoms with van der Waals surface area (Å²) in [6.45, 7) is 2.81. The van der Waals surface area contributed by atoms with E-state index in [0.717, 1.165) is 21.9 Å². The normalized spacial score (nSPS) is 10.6. The zero-order chi connectivity index (χ0) is 13.1. The van der Waals surface area contributed by atoms with Crippen molar-refractivity contribution < 1.29 is 4.79 Å². The summed E-state index contributed by atoms with van der Waals surface area (Å²) in [5.74, 6) is -0.0136. The Morgan fingerprint density at radius 1 is 1.33 bits per heavy atom. The Bertz CT molecular complexity index is 578. The molecule has 0 atom stereocenters. The summed E-state index contributed by atoms with van der Waals surface area (Å²) >= 11 is 6.79. The smallest absolute Gasteiger partial charge is 0.212 e. The van der Waals surface area contributed by atoms with Crippen LogP contribution >= 0.6 is 31.9 Å². The molecule has 2 aromatic rings. The minimum absolute atomic E-state index is 0.0136. The third-order valence-corrected chi connectivity index (χ3v) is 3.71. The van der Waals surface area contributed by atoms with Gasteiger partial charge in [0.2, 0.25) is 5.78 Å². The van der Waals surface area contributed by atoms with Crippen molar-refractivity contribution in [3.05, 3.63) is 50.7 Å². The van der Waals surface area contributed by atoms with Gasteiger partial charge in [-0.15, -0.1) is 0 Å². The van der Waals surface area contributed by atoms with Gasteiger partial charge in [0, 0.05) is 27.3 Å². The molecule has 0 aliphatic heterocycles. The van der Waals surface area contributed by atoms with Crippen molar-refractivity contribution in [3.63, 3.8) is 0 Å². The van der Waals surface area contributed by atoms with E-state index < -0.39 is 0 Å². The molecule has 0 unspecified atom stereocenters. The van der Waals surface area contributed by atoms with Crippen LogP contribution in [0.15, 0.2) is 39.4 Å². The van der Waals surface area contributed by atoms with E-state index in [1.807, 2.05) is 12.1 Å². The van der Waals surface area contributed by atoms with Gasteiger partial charge in [-0.3, -0.25) is 9.48 Å². The van der Waals surface area contributed by atoms with Crippen LogP contribution in [-0.2, 0) is 6.54 Å². The van der Waals surface area contributed by atoms with Crippen LogP contribution in [-0.4, -0.2) is 15.6 Å². The lowest BCUT2D eigenvalue weighted by atomic mass is 10.1. The number of nitrogens with zero attached hydrogens (tertiary/aromatic N) is 2. The first-order chi connectivity index (χ1) is 8.63. The molecule has 0 spiro atoms. The second-order valence-corrected chi connectivity index (χ2v) is 5.66. The van der Waals surface area contributed by atoms with Gasteiger partial charge in [-0.05, 0) is 46.6 Å². The molecule has 0 fully saturated rings. The number of aromatic nitrogens is 2. The maximum absolute atomic E-state index is 12.4. The first kappa shape index (κ1) is 13.5. The Balaban J connectivity index is 2.38. The molecule has 18 heavy (non-hydrogen) atoms. The molecular formula is C13H12Br2N2O. The van der Waals surface area contributed by atoms with E-state index in [4.69, 9.17) is 0 Å². The van der Waals surface area contributed by atoms with Crippen molar-refractivity contribution in [1.82, 2.24) is 9.78 Å². The van der Waals surface area contributed by atoms with Crippen molar-refractivity contribution >= 4 is 37.6 Å². The number of halogens is 2. The molecule has 5 heteroatoms. The SMILES string of the molecule is CCCn1nccc1C(=O)c1ccc(Br)cc1Br. The standard InChI is InChI=1S/C13H12Br2N2O/c1-2-7-17-12(5-6-16-17)13(18)10-4-3-9(14)8-11(10)15/h3-6,8H,2,7H2,1H3. The summed E-state index contributed by atoms with van der Waals surface area (Å²) in [5, 5.41) is 4.17. The zero-order valence-corrected chi connectivity index (χ0v) is 13.0. The number of carbonyl (C=O) groups excluding carboxylic acids is 1. The van der Waals surface area contributed by atoms with Gasteiger partial charge < -0.3 is 0 Å². The molecule has 1 aromatic carbocycles. The van der Waals surface area contributed by atoms with Crippen molar-refractivity contribution in [2.75, 3.05) is 0 Å². The Morgan fingerprint density at radius 2 is 2.11 bits per heavy atom. The second-order valence-electron chi connectivity index (χ2n) is 3.89. The fourth-order valence-electron chi connectivity index (χ4n) is 1.73. The molecular weight excluding hydrogens is 360 g/mol. The Labute approximate surface area is 122 Å². The topological polar surface area (TPSA) is 34.9 Å². The first-order valence-corrected chi connectivity index (χ1v) is 7.23. The van der Waals surface area contributed by atoms with E-state index in [9.17, 15) is 4.79 Å². The van der Waals surface area contributed by atoms with Gasteiger partial charge >= 0.3 is 0 Å². The fourth-order valence-corrected chi connectivity index (χ4v) is 2.95. The third kappa shape index (κ3) is 2.72. The monoisotopic (exact) mass is 370 g/mol. The number of benzene rings is 1. The molecule has 0 N–H and O–H groups in total. The van der Waals surface area contributed by atoms with Crippen LogP contribution < -0.4 is 0 Å². The molecule has 94 valence electrons. The average molecular weight is 372 g/mol. The molecule has 3 nitrogen and oxygen atoms in total. The number of rotatable bonds is 4. The van der Waals surface area contributed by atoms with E-state index >= 15 is 0 Å². The molecule has 0 bridgehead atoms. The predicted octanol–water partition coefficient (Wildman–Crippen LogP) is 4.05. The minimum atomic E-state index is -0.0136. The highest BCUT2D eigenvalue weighted by atomic mass is 79.9. The van der Waals surface area contributed by atoms with Crippen molar-refractivity contribution in [2.45, 2.75) is 19.9 Å². The minimum Gasteiger partial charge on any atom is -0.287 e. The van der Waals surface area contributed by atoms with Crippen LogP contribution in [0.5, 0.6) is 0 Å². The highest BCUT2D eigenvalue weighted by molar-refractivity contribution is 9.11. The number of carbonyl (C=O) groups is 1. The third-order valence-electron chi connectivity index (χ3n) is 2.56. The van der Waals surface area contributed by atoms with Gasteiger partial charge in [0.05, 0.1) is 0 Å². The van der Waals surface area contributed by atoms with Crippen LogP contribution in [0.4, 0.5) is 0 Å². The molecule has 0 amide bonds. The molecule has 0 aliphatic carbocycles. The highest BCUT2D eigenvalue weighted by Crippen LogP contribution is 2.24. The number of hydrogen-bond acceptors (Lipinski definition) is 2. The molecule has 0 saturated carbocycles. The van der Waals surface area contributed by atoms with Crippen LogP contribution in [0.25, 0.3) is 0 Å². The van der Waals surface area contributed by atoms with Crippen molar-refractivity contribution in [2.24, 2.45) is 0 Å². The molecule has 0 saturated heterocycles. The highest BCUT2D eigenvalue weighted by Gasteiger charge is 2.16. The summed E-state index contributed by atoms with van der Waals surface area (Å²) in [7, 11) is 0. The summed E-state index contributed by atoms with van der Waals surface area (Å²) < 4.78 is 3.47. The van der Waals surface area contributed by atoms with Crippen LogP contribution in [0.1, 0.15) is 29.4 Å². The molecule has 1 heterocycles. The predicted molar refractivity (Wildman–Crippen MR) is 77.8 cm³/mol. The van der Waals surface area contributed by atoms with Gasteiger partial charge in [-0.2, -0.15) is 5.10 Å². The van der Waals surface area contributed by atoms with E-state index in [1.165, 1.54) is 0 Å². The molecule has 1 aromatic heterocycles. The maximum atomic E-state index is 12.4. The summed E-state index contributed by atoms with van der Waals surface area (Å²) in [4.78, 5) is 12.4. The van der Waals surface area contributed by atoms with Crippen LogP contribution in [0.3, 0.4) is 0 Å². The van der Waals surface area contributed by atoms with Crippen molar-refractivity contribution in [1.29, 1.82) is 0 Å². The van der Waals surface area contributed by atoms with Crippen LogP contribution in [0, 0.1) is 0 Å². The summed E-state index contributed by atoms with van der Waals surface area (Å²) in [5.41, 5.74) is 1.27. The maximum Gasteiger partial charge on any atom is 0.212 e. The van der Waals surface area contributed by atoms with E-state index in [-0.39, 0.29) is 5.78 Å². The number of hydrogen-bond donors (Lipinski definition) is 0.